The number of aromatic nitrogens is 4. The molecule has 8 rings (SSSR count). The van der Waals surface area contributed by atoms with E-state index in [9.17, 15) is 15.2 Å². The third-order valence-corrected chi connectivity index (χ3v) is 10.7. The maximum absolute atomic E-state index is 11.4. The highest BCUT2D eigenvalue weighted by Crippen LogP contribution is 2.38. The number of benzene rings is 3. The smallest absolute Gasteiger partial charge is 0.306 e. The van der Waals surface area contributed by atoms with Gasteiger partial charge in [0.2, 0.25) is 11.8 Å². The third-order valence-electron chi connectivity index (χ3n) is 10.7. The Morgan fingerprint density at radius 1 is 0.943 bits per heavy atom. The molecule has 0 saturated carbocycles. The van der Waals surface area contributed by atoms with E-state index in [0.717, 1.165) is 57.4 Å². The van der Waals surface area contributed by atoms with Crippen LogP contribution in [0.5, 0.6) is 11.6 Å². The summed E-state index contributed by atoms with van der Waals surface area (Å²) in [7, 11) is 3.31. The van der Waals surface area contributed by atoms with E-state index in [2.05, 4.69) is 34.9 Å². The summed E-state index contributed by atoms with van der Waals surface area (Å²) in [5.74, 6) is 1.26. The summed E-state index contributed by atoms with van der Waals surface area (Å²) in [5, 5.41) is 25.2. The summed E-state index contributed by atoms with van der Waals surface area (Å²) in [6, 6.07) is 20.2. The highest BCUT2D eigenvalue weighted by Gasteiger charge is 2.26. The first-order valence-electron chi connectivity index (χ1n) is 18.1. The van der Waals surface area contributed by atoms with E-state index in [1.54, 1.807) is 14.2 Å². The predicted octanol–water partition coefficient (Wildman–Crippen LogP) is 6.99. The van der Waals surface area contributed by atoms with Crippen LogP contribution in [0.4, 0.5) is 0 Å². The van der Waals surface area contributed by atoms with Gasteiger partial charge in [0.15, 0.2) is 11.4 Å². The number of methoxy groups -OCH3 is 2. The van der Waals surface area contributed by atoms with Crippen LogP contribution in [0.2, 0.25) is 0 Å². The fourth-order valence-electron chi connectivity index (χ4n) is 7.89. The van der Waals surface area contributed by atoms with Crippen molar-refractivity contribution < 1.29 is 23.8 Å². The molecule has 3 aromatic carbocycles. The van der Waals surface area contributed by atoms with Crippen molar-refractivity contribution in [2.75, 3.05) is 40.4 Å². The Morgan fingerprint density at radius 2 is 1.68 bits per heavy atom. The molecule has 3 aromatic heterocycles. The van der Waals surface area contributed by atoms with Crippen molar-refractivity contribution in [3.63, 3.8) is 0 Å². The van der Waals surface area contributed by atoms with Gasteiger partial charge in [0, 0.05) is 30.1 Å². The monoisotopic (exact) mass is 711 g/mol. The minimum absolute atomic E-state index is 0.296. The average Bonchev–Trinajstić information content (AvgIpc) is 3.95. The second-order valence-electron chi connectivity index (χ2n) is 13.9. The largest absolute Gasteiger partial charge is 0.496 e. The van der Waals surface area contributed by atoms with E-state index in [1.807, 2.05) is 53.3 Å². The van der Waals surface area contributed by atoms with E-state index in [0.29, 0.717) is 79.0 Å². The first-order valence-corrected chi connectivity index (χ1v) is 18.1. The fraction of sp³-hybridized carbons (Fsp3) is 0.341. The van der Waals surface area contributed by atoms with Gasteiger partial charge in [0.05, 0.1) is 43.0 Å². The maximum Gasteiger partial charge on any atom is 0.306 e. The van der Waals surface area contributed by atoms with Gasteiger partial charge >= 0.3 is 5.97 Å². The molecular formula is C41H41N7O5. The number of rotatable bonds is 10. The summed E-state index contributed by atoms with van der Waals surface area (Å²) >= 11 is 0. The van der Waals surface area contributed by atoms with E-state index in [-0.39, 0.29) is 5.92 Å². The number of nitriles is 1. The van der Waals surface area contributed by atoms with Crippen molar-refractivity contribution in [2.45, 2.75) is 45.7 Å². The van der Waals surface area contributed by atoms with Crippen molar-refractivity contribution in [1.82, 2.24) is 29.5 Å². The summed E-state index contributed by atoms with van der Waals surface area (Å²) in [6.07, 6.45) is 5.48. The van der Waals surface area contributed by atoms with Gasteiger partial charge < -0.3 is 19.0 Å². The highest BCUT2D eigenvalue weighted by molar-refractivity contribution is 5.97. The minimum Gasteiger partial charge on any atom is -0.496 e. The quantitative estimate of drug-likeness (QED) is 0.157. The van der Waals surface area contributed by atoms with Crippen LogP contribution in [0.1, 0.15) is 47.9 Å². The van der Waals surface area contributed by atoms with Crippen LogP contribution in [-0.2, 0) is 17.9 Å². The maximum atomic E-state index is 11.4. The highest BCUT2D eigenvalue weighted by atomic mass is 16.5. The lowest BCUT2D eigenvalue weighted by molar-refractivity contribution is -0.143. The number of aliphatic carboxylic acids is 1. The number of hydrogen-bond acceptors (Lipinski definition) is 10. The molecule has 6 aromatic rings. The van der Waals surface area contributed by atoms with Crippen LogP contribution in [0.3, 0.4) is 0 Å². The first kappa shape index (κ1) is 34.3. The number of fused-ring (bicyclic) bond motifs is 2. The SMILES string of the molecule is COc1cc(-n2ncc3c(-c4cccc(-c5nc6cc(CN7CCC(C(=O)O)CC7)cc(C#N)c6o5)c4C)cccc32)nc(OC)c1CN1CCCC1. The lowest BCUT2D eigenvalue weighted by Crippen LogP contribution is -2.35. The van der Waals surface area contributed by atoms with E-state index in [4.69, 9.17) is 29.0 Å². The molecule has 5 heterocycles. The Balaban J connectivity index is 1.12. The van der Waals surface area contributed by atoms with Crippen LogP contribution in [0.25, 0.3) is 50.4 Å². The molecule has 53 heavy (non-hydrogen) atoms. The second-order valence-corrected chi connectivity index (χ2v) is 13.9. The molecule has 0 bridgehead atoms. The Morgan fingerprint density at radius 3 is 2.42 bits per heavy atom. The molecule has 2 saturated heterocycles. The van der Waals surface area contributed by atoms with Crippen molar-refractivity contribution >= 4 is 28.0 Å². The van der Waals surface area contributed by atoms with Crippen molar-refractivity contribution in [3.8, 4) is 46.1 Å². The van der Waals surface area contributed by atoms with Gasteiger partial charge in [-0.2, -0.15) is 15.3 Å². The molecule has 0 spiro atoms. The van der Waals surface area contributed by atoms with Crippen LogP contribution in [0, 0.1) is 24.2 Å². The Hall–Kier alpha value is -5.77. The molecule has 0 radical (unpaired) electrons. The van der Waals surface area contributed by atoms with Gasteiger partial charge in [-0.3, -0.25) is 14.6 Å². The number of carboxylic acids is 1. The molecule has 270 valence electrons. The standard InChI is InChI=1S/C41H41N7O5/c1-25-29(8-6-9-30(25)40-44-34-19-26(18-28(21-42)38(34)53-40)23-47-16-12-27(13-17-47)41(49)50)31-10-7-11-35-32(31)22-43-48(35)37-20-36(51-2)33(39(45-37)52-3)24-46-14-4-5-15-46/h6-11,18-20,22,27H,4-5,12-17,23-24H2,1-3H3,(H,49,50). The number of nitrogens with zero attached hydrogens (tertiary/aromatic N) is 7. The van der Waals surface area contributed by atoms with Gasteiger partial charge in [-0.05, 0) is 105 Å². The number of carbonyl (C=O) groups is 1. The van der Waals surface area contributed by atoms with Gasteiger partial charge in [-0.25, -0.2) is 9.67 Å². The van der Waals surface area contributed by atoms with Crippen LogP contribution >= 0.6 is 0 Å². The minimum atomic E-state index is -0.729. The number of pyridine rings is 1. The van der Waals surface area contributed by atoms with Crippen molar-refractivity contribution in [2.24, 2.45) is 5.92 Å². The van der Waals surface area contributed by atoms with Gasteiger partial charge in [0.1, 0.15) is 17.3 Å². The number of ether oxygens (including phenoxy) is 2. The molecule has 12 nitrogen and oxygen atoms in total. The first-order chi connectivity index (χ1) is 25.8. The molecule has 0 atom stereocenters. The molecule has 1 N–H and O–H groups in total. The molecule has 2 aliphatic heterocycles. The topological polar surface area (TPSA) is 143 Å². The Labute approximate surface area is 307 Å². The number of likely N-dealkylation sites (tertiary alicyclic amines) is 2. The van der Waals surface area contributed by atoms with Crippen LogP contribution < -0.4 is 9.47 Å². The average molecular weight is 712 g/mol. The predicted molar refractivity (Wildman–Crippen MR) is 200 cm³/mol. The van der Waals surface area contributed by atoms with Gasteiger partial charge in [-0.1, -0.05) is 24.3 Å². The van der Waals surface area contributed by atoms with Crippen molar-refractivity contribution in [1.29, 1.82) is 5.26 Å². The molecule has 2 aliphatic rings. The molecule has 0 unspecified atom stereocenters. The zero-order valence-corrected chi connectivity index (χ0v) is 30.1. The molecule has 0 amide bonds. The van der Waals surface area contributed by atoms with Crippen molar-refractivity contribution in [3.05, 3.63) is 83.0 Å². The molecule has 2 fully saturated rings. The third kappa shape index (κ3) is 6.47. The normalized spacial score (nSPS) is 15.7. The van der Waals surface area contributed by atoms with Gasteiger partial charge in [0.25, 0.3) is 0 Å². The molecule has 12 heteroatoms. The number of hydrogen-bond donors (Lipinski definition) is 1. The van der Waals surface area contributed by atoms with Crippen LogP contribution in [-0.4, -0.2) is 81.0 Å². The van der Waals surface area contributed by atoms with Gasteiger partial charge in [-0.15, -0.1) is 0 Å². The molecular weight excluding hydrogens is 670 g/mol. The van der Waals surface area contributed by atoms with E-state index >= 15 is 0 Å². The Bertz CT molecular complexity index is 2350. The fourth-order valence-corrected chi connectivity index (χ4v) is 7.89. The van der Waals surface area contributed by atoms with Crippen LogP contribution in [0.15, 0.2) is 65.2 Å². The zero-order valence-electron chi connectivity index (χ0n) is 30.1. The summed E-state index contributed by atoms with van der Waals surface area (Å²) < 4.78 is 19.8. The van der Waals surface area contributed by atoms with E-state index < -0.39 is 5.97 Å². The second kappa shape index (κ2) is 14.3. The number of oxazole rings is 1. The lowest BCUT2D eigenvalue weighted by atomic mass is 9.94. The number of carboxylic acid groups (broad SMARTS) is 1. The zero-order chi connectivity index (χ0) is 36.6. The summed E-state index contributed by atoms with van der Waals surface area (Å²) in [6.45, 7) is 6.87. The summed E-state index contributed by atoms with van der Waals surface area (Å²) in [5.41, 5.74) is 8.07. The molecule has 0 aliphatic carbocycles. The lowest BCUT2D eigenvalue weighted by Gasteiger charge is -2.30. The summed E-state index contributed by atoms with van der Waals surface area (Å²) in [4.78, 5) is 25.8. The Kier molecular flexibility index (Phi) is 9.28. The van der Waals surface area contributed by atoms with E-state index in [1.165, 1.54) is 12.8 Å². The number of piperidine rings is 1.